The van der Waals surface area contributed by atoms with Crippen LogP contribution in [0.25, 0.3) is 5.69 Å². The molecule has 1 aromatic heterocycles. The molecule has 0 radical (unpaired) electrons. The van der Waals surface area contributed by atoms with Gasteiger partial charge < -0.3 is 10.2 Å². The van der Waals surface area contributed by atoms with Gasteiger partial charge in [0.25, 0.3) is 0 Å². The van der Waals surface area contributed by atoms with Gasteiger partial charge in [-0.1, -0.05) is 30.7 Å². The van der Waals surface area contributed by atoms with Crippen molar-refractivity contribution in [2.24, 2.45) is 0 Å². The maximum Gasteiger partial charge on any atom is 0.358 e. The molecule has 0 aliphatic carbocycles. The number of unbranched alkanes of at least 4 members (excludes halogenated alkanes) is 1. The molecule has 7 nitrogen and oxygen atoms in total. The van der Waals surface area contributed by atoms with Crippen molar-refractivity contribution >= 4 is 11.9 Å². The molecule has 116 valence electrons. The van der Waals surface area contributed by atoms with E-state index < -0.39 is 11.9 Å². The Balaban J connectivity index is 2.34. The summed E-state index contributed by atoms with van der Waals surface area (Å²) in [5.74, 6) is -2.00. The van der Waals surface area contributed by atoms with Gasteiger partial charge in [0, 0.05) is 0 Å². The summed E-state index contributed by atoms with van der Waals surface area (Å²) in [7, 11) is 0. The summed E-state index contributed by atoms with van der Waals surface area (Å²) in [5.41, 5.74) is 1.86. The third kappa shape index (κ3) is 3.49. The number of aromatic nitrogens is 3. The first kappa shape index (κ1) is 15.7. The van der Waals surface area contributed by atoms with Crippen molar-refractivity contribution in [3.8, 4) is 5.69 Å². The molecule has 2 aromatic rings. The van der Waals surface area contributed by atoms with Crippen LogP contribution < -0.4 is 0 Å². The lowest BCUT2D eigenvalue weighted by atomic mass is 10.1. The molecule has 0 unspecified atom stereocenters. The van der Waals surface area contributed by atoms with E-state index in [1.54, 1.807) is 24.3 Å². The van der Waals surface area contributed by atoms with Crippen LogP contribution in [0.2, 0.25) is 0 Å². The minimum Gasteiger partial charge on any atom is -0.481 e. The Morgan fingerprint density at radius 2 is 1.86 bits per heavy atom. The summed E-state index contributed by atoms with van der Waals surface area (Å²) in [6.07, 6.45) is 2.29. The third-order valence-corrected chi connectivity index (χ3v) is 3.27. The predicted molar refractivity (Wildman–Crippen MR) is 78.3 cm³/mol. The monoisotopic (exact) mass is 303 g/mol. The first-order valence-electron chi connectivity index (χ1n) is 7.02. The van der Waals surface area contributed by atoms with Crippen molar-refractivity contribution in [1.29, 1.82) is 0 Å². The van der Waals surface area contributed by atoms with E-state index in [0.717, 1.165) is 12.8 Å². The van der Waals surface area contributed by atoms with Crippen molar-refractivity contribution < 1.29 is 19.8 Å². The second-order valence-corrected chi connectivity index (χ2v) is 4.94. The summed E-state index contributed by atoms with van der Waals surface area (Å²) in [5, 5.41) is 25.6. The number of carbonyl (C=O) groups is 2. The summed E-state index contributed by atoms with van der Waals surface area (Å²) in [6, 6.07) is 6.81. The van der Waals surface area contributed by atoms with E-state index in [0.29, 0.717) is 23.4 Å². The van der Waals surface area contributed by atoms with E-state index in [1.165, 1.54) is 4.68 Å². The van der Waals surface area contributed by atoms with E-state index in [1.807, 2.05) is 6.92 Å². The second kappa shape index (κ2) is 6.84. The maximum atomic E-state index is 11.2. The van der Waals surface area contributed by atoms with Gasteiger partial charge in [-0.25, -0.2) is 9.48 Å². The molecule has 0 bridgehead atoms. The van der Waals surface area contributed by atoms with Gasteiger partial charge in [-0.15, -0.1) is 5.10 Å². The number of aliphatic carboxylic acids is 1. The number of carboxylic acid groups (broad SMARTS) is 2. The smallest absolute Gasteiger partial charge is 0.358 e. The second-order valence-electron chi connectivity index (χ2n) is 4.94. The molecule has 1 aromatic carbocycles. The van der Waals surface area contributed by atoms with Crippen LogP contribution in [-0.2, 0) is 17.6 Å². The number of aromatic carboxylic acids is 1. The van der Waals surface area contributed by atoms with Crippen LogP contribution in [0.15, 0.2) is 24.3 Å². The fourth-order valence-corrected chi connectivity index (χ4v) is 2.17. The zero-order chi connectivity index (χ0) is 16.1. The van der Waals surface area contributed by atoms with Crippen LogP contribution in [0, 0.1) is 0 Å². The lowest BCUT2D eigenvalue weighted by Crippen LogP contribution is -2.07. The zero-order valence-corrected chi connectivity index (χ0v) is 12.2. The summed E-state index contributed by atoms with van der Waals surface area (Å²) < 4.78 is 1.50. The largest absolute Gasteiger partial charge is 0.481 e. The van der Waals surface area contributed by atoms with Crippen LogP contribution in [0.5, 0.6) is 0 Å². The average Bonchev–Trinajstić information content (AvgIpc) is 2.89. The van der Waals surface area contributed by atoms with E-state index in [9.17, 15) is 14.7 Å². The fraction of sp³-hybridized carbons (Fsp3) is 0.333. The number of hydrogen-bond acceptors (Lipinski definition) is 4. The van der Waals surface area contributed by atoms with Crippen molar-refractivity contribution in [2.45, 2.75) is 32.6 Å². The normalized spacial score (nSPS) is 10.6. The van der Waals surface area contributed by atoms with Gasteiger partial charge in [-0.2, -0.15) is 0 Å². The molecule has 7 heteroatoms. The molecule has 0 saturated carbocycles. The van der Waals surface area contributed by atoms with Gasteiger partial charge in [0.1, 0.15) is 0 Å². The molecule has 1 heterocycles. The predicted octanol–water partition coefficient (Wildman–Crippen LogP) is 1.94. The zero-order valence-electron chi connectivity index (χ0n) is 12.2. The first-order chi connectivity index (χ1) is 10.5. The Labute approximate surface area is 127 Å². The van der Waals surface area contributed by atoms with E-state index in [-0.39, 0.29) is 12.1 Å². The van der Waals surface area contributed by atoms with Crippen molar-refractivity contribution in [2.75, 3.05) is 0 Å². The van der Waals surface area contributed by atoms with Crippen LogP contribution in [0.1, 0.15) is 41.5 Å². The van der Waals surface area contributed by atoms with Gasteiger partial charge >= 0.3 is 11.9 Å². The van der Waals surface area contributed by atoms with Gasteiger partial charge in [0.2, 0.25) is 0 Å². The van der Waals surface area contributed by atoms with Gasteiger partial charge in [0.05, 0.1) is 17.8 Å². The Kier molecular flexibility index (Phi) is 4.88. The molecule has 0 aliphatic heterocycles. The lowest BCUT2D eigenvalue weighted by Gasteiger charge is -2.07. The highest BCUT2D eigenvalue weighted by Crippen LogP contribution is 2.16. The van der Waals surface area contributed by atoms with Crippen LogP contribution in [0.4, 0.5) is 0 Å². The third-order valence-electron chi connectivity index (χ3n) is 3.27. The molecule has 0 saturated heterocycles. The molecule has 0 aliphatic rings. The van der Waals surface area contributed by atoms with Crippen LogP contribution >= 0.6 is 0 Å². The molecular formula is C15H17N3O4. The number of carboxylic acids is 2. The highest BCUT2D eigenvalue weighted by Gasteiger charge is 2.19. The maximum absolute atomic E-state index is 11.2. The summed E-state index contributed by atoms with van der Waals surface area (Å²) in [6.45, 7) is 2.02. The number of benzene rings is 1. The molecule has 0 atom stereocenters. The first-order valence-corrected chi connectivity index (χ1v) is 7.02. The SMILES string of the molecule is CCCCc1c(C(=O)O)nnn1-c1ccc(CC(=O)O)cc1. The molecular weight excluding hydrogens is 286 g/mol. The highest BCUT2D eigenvalue weighted by atomic mass is 16.4. The van der Waals surface area contributed by atoms with Crippen LogP contribution in [-0.4, -0.2) is 37.1 Å². The Morgan fingerprint density at radius 1 is 1.18 bits per heavy atom. The van der Waals surface area contributed by atoms with Gasteiger partial charge in [0.15, 0.2) is 5.69 Å². The number of rotatable bonds is 7. The van der Waals surface area contributed by atoms with Gasteiger partial charge in [-0.3, -0.25) is 4.79 Å². The molecule has 0 amide bonds. The topological polar surface area (TPSA) is 105 Å². The Hall–Kier alpha value is -2.70. The lowest BCUT2D eigenvalue weighted by molar-refractivity contribution is -0.136. The molecule has 0 fully saturated rings. The fourth-order valence-electron chi connectivity index (χ4n) is 2.17. The van der Waals surface area contributed by atoms with Crippen molar-refractivity contribution in [3.63, 3.8) is 0 Å². The summed E-state index contributed by atoms with van der Waals surface area (Å²) in [4.78, 5) is 21.9. The standard InChI is InChI=1S/C15H17N3O4/c1-2-3-4-12-14(15(21)22)16-17-18(12)11-7-5-10(6-8-11)9-13(19)20/h5-8H,2-4,9H2,1H3,(H,19,20)(H,21,22). The van der Waals surface area contributed by atoms with E-state index in [2.05, 4.69) is 10.3 Å². The minimum absolute atomic E-state index is 0.0388. The van der Waals surface area contributed by atoms with Gasteiger partial charge in [-0.05, 0) is 30.5 Å². The Morgan fingerprint density at radius 3 is 2.41 bits per heavy atom. The van der Waals surface area contributed by atoms with Crippen molar-refractivity contribution in [3.05, 3.63) is 41.2 Å². The minimum atomic E-state index is -1.10. The van der Waals surface area contributed by atoms with E-state index >= 15 is 0 Å². The quantitative estimate of drug-likeness (QED) is 0.809. The van der Waals surface area contributed by atoms with Crippen LogP contribution in [0.3, 0.4) is 0 Å². The molecule has 22 heavy (non-hydrogen) atoms. The number of nitrogens with zero attached hydrogens (tertiary/aromatic N) is 3. The van der Waals surface area contributed by atoms with Crippen molar-refractivity contribution in [1.82, 2.24) is 15.0 Å². The molecule has 2 rings (SSSR count). The molecule has 2 N–H and O–H groups in total. The Bertz CT molecular complexity index is 677. The highest BCUT2D eigenvalue weighted by molar-refractivity contribution is 5.86. The average molecular weight is 303 g/mol. The summed E-state index contributed by atoms with van der Waals surface area (Å²) >= 11 is 0. The molecule has 0 spiro atoms. The van der Waals surface area contributed by atoms with E-state index in [4.69, 9.17) is 5.11 Å². The number of hydrogen-bond donors (Lipinski definition) is 2.